The number of amides is 2. The van der Waals surface area contributed by atoms with E-state index in [0.717, 1.165) is 12.8 Å². The highest BCUT2D eigenvalue weighted by atomic mass is 35.5. The summed E-state index contributed by atoms with van der Waals surface area (Å²) in [6.45, 7) is 7.14. The van der Waals surface area contributed by atoms with Crippen LogP contribution in [0.1, 0.15) is 59.3 Å². The lowest BCUT2D eigenvalue weighted by molar-refractivity contribution is -0.129. The maximum absolute atomic E-state index is 12.0. The molecule has 0 radical (unpaired) electrons. The highest BCUT2D eigenvalue weighted by Gasteiger charge is 2.32. The van der Waals surface area contributed by atoms with Crippen molar-refractivity contribution < 1.29 is 9.59 Å². The van der Waals surface area contributed by atoms with E-state index in [1.165, 1.54) is 19.3 Å². The van der Waals surface area contributed by atoms with E-state index >= 15 is 0 Å². The van der Waals surface area contributed by atoms with Crippen molar-refractivity contribution in [1.29, 1.82) is 0 Å². The Morgan fingerprint density at radius 3 is 2.09 bits per heavy atom. The monoisotopic (exact) mass is 333 g/mol. The van der Waals surface area contributed by atoms with Crippen LogP contribution in [-0.4, -0.2) is 31.4 Å². The number of hydrogen-bond acceptors (Lipinski definition) is 3. The molecular weight excluding hydrogens is 302 g/mol. The van der Waals surface area contributed by atoms with Crippen LogP contribution in [0.25, 0.3) is 0 Å². The molecule has 0 saturated heterocycles. The summed E-state index contributed by atoms with van der Waals surface area (Å²) in [6.07, 6.45) is 6.21. The largest absolute Gasteiger partial charge is 0.354 e. The van der Waals surface area contributed by atoms with Gasteiger partial charge in [-0.05, 0) is 24.8 Å². The predicted molar refractivity (Wildman–Crippen MR) is 91.9 cm³/mol. The van der Waals surface area contributed by atoms with E-state index in [0.29, 0.717) is 26.1 Å². The third-order valence-electron chi connectivity index (χ3n) is 4.30. The average molecular weight is 334 g/mol. The Kier molecular flexibility index (Phi) is 9.01. The normalized spacial score (nSPS) is 17.3. The zero-order valence-electron chi connectivity index (χ0n) is 14.2. The number of carbonyl (C=O) groups excluding carboxylic acids is 2. The van der Waals surface area contributed by atoms with Crippen LogP contribution in [-0.2, 0) is 9.59 Å². The zero-order valence-corrected chi connectivity index (χ0v) is 15.0. The lowest BCUT2D eigenvalue weighted by atomic mass is 9.71. The molecule has 0 atom stereocenters. The molecular formula is C16H32ClN3O2. The Morgan fingerprint density at radius 2 is 1.59 bits per heavy atom. The van der Waals surface area contributed by atoms with Crippen molar-refractivity contribution in [3.63, 3.8) is 0 Å². The zero-order chi connectivity index (χ0) is 15.9. The van der Waals surface area contributed by atoms with Gasteiger partial charge in [0.25, 0.3) is 0 Å². The molecule has 0 aromatic heterocycles. The van der Waals surface area contributed by atoms with E-state index in [1.54, 1.807) is 0 Å². The Hall–Kier alpha value is -0.810. The fraction of sp³-hybridized carbons (Fsp3) is 0.875. The average Bonchev–Trinajstić information content (AvgIpc) is 2.43. The predicted octanol–water partition coefficient (Wildman–Crippen LogP) is 1.99. The Labute approximate surface area is 140 Å². The molecule has 0 heterocycles. The minimum atomic E-state index is -0.393. The molecule has 0 aromatic carbocycles. The number of halogens is 1. The number of rotatable bonds is 6. The van der Waals surface area contributed by atoms with Crippen molar-refractivity contribution in [2.24, 2.45) is 16.6 Å². The van der Waals surface area contributed by atoms with Crippen LogP contribution >= 0.6 is 12.4 Å². The van der Waals surface area contributed by atoms with Crippen molar-refractivity contribution in [1.82, 2.24) is 10.6 Å². The van der Waals surface area contributed by atoms with Gasteiger partial charge in [0, 0.05) is 24.9 Å². The van der Waals surface area contributed by atoms with Gasteiger partial charge in [-0.25, -0.2) is 0 Å². The van der Waals surface area contributed by atoms with Crippen LogP contribution < -0.4 is 16.4 Å². The molecule has 1 saturated carbocycles. The van der Waals surface area contributed by atoms with Crippen LogP contribution in [0.3, 0.4) is 0 Å². The molecule has 5 nitrogen and oxygen atoms in total. The molecule has 2 amide bonds. The summed E-state index contributed by atoms with van der Waals surface area (Å²) in [5, 5.41) is 5.71. The Morgan fingerprint density at radius 1 is 1.05 bits per heavy atom. The van der Waals surface area contributed by atoms with Crippen molar-refractivity contribution in [2.45, 2.75) is 59.3 Å². The molecule has 0 aromatic rings. The van der Waals surface area contributed by atoms with E-state index in [9.17, 15) is 9.59 Å². The molecule has 130 valence electrons. The van der Waals surface area contributed by atoms with Gasteiger partial charge in [-0.15, -0.1) is 12.4 Å². The second-order valence-corrected chi connectivity index (χ2v) is 7.30. The maximum atomic E-state index is 12.0. The van der Waals surface area contributed by atoms with Gasteiger partial charge in [-0.3, -0.25) is 9.59 Å². The van der Waals surface area contributed by atoms with Gasteiger partial charge >= 0.3 is 0 Å². The van der Waals surface area contributed by atoms with Crippen LogP contribution in [0.5, 0.6) is 0 Å². The fourth-order valence-corrected chi connectivity index (χ4v) is 2.80. The van der Waals surface area contributed by atoms with E-state index in [-0.39, 0.29) is 29.6 Å². The maximum Gasteiger partial charge on any atom is 0.225 e. The van der Waals surface area contributed by atoms with Crippen LogP contribution in [0, 0.1) is 10.8 Å². The van der Waals surface area contributed by atoms with Crippen molar-refractivity contribution in [3.05, 3.63) is 0 Å². The minimum absolute atomic E-state index is 0. The smallest absolute Gasteiger partial charge is 0.225 e. The van der Waals surface area contributed by atoms with Gasteiger partial charge < -0.3 is 16.4 Å². The fourth-order valence-electron chi connectivity index (χ4n) is 2.80. The highest BCUT2D eigenvalue weighted by Crippen LogP contribution is 2.38. The first-order chi connectivity index (χ1) is 9.79. The SMILES string of the molecule is CC(C)(C)C(=O)NCCNC(=O)CC1(CN)CCCCC1.Cl. The molecule has 0 bridgehead atoms. The third kappa shape index (κ3) is 6.97. The topological polar surface area (TPSA) is 84.2 Å². The second kappa shape index (κ2) is 9.36. The molecule has 0 aliphatic heterocycles. The Bertz CT molecular complexity index is 361. The first kappa shape index (κ1) is 21.2. The number of nitrogens with two attached hydrogens (primary N) is 1. The van der Waals surface area contributed by atoms with Crippen LogP contribution in [0.4, 0.5) is 0 Å². The number of nitrogens with one attached hydrogen (secondary N) is 2. The van der Waals surface area contributed by atoms with Gasteiger partial charge in [-0.1, -0.05) is 40.0 Å². The summed E-state index contributed by atoms with van der Waals surface area (Å²) >= 11 is 0. The summed E-state index contributed by atoms with van der Waals surface area (Å²) < 4.78 is 0. The van der Waals surface area contributed by atoms with Crippen LogP contribution in [0.15, 0.2) is 0 Å². The minimum Gasteiger partial charge on any atom is -0.354 e. The summed E-state index contributed by atoms with van der Waals surface area (Å²) in [5.41, 5.74) is 5.50. The molecule has 0 unspecified atom stereocenters. The van der Waals surface area contributed by atoms with Gasteiger partial charge in [-0.2, -0.15) is 0 Å². The summed E-state index contributed by atoms with van der Waals surface area (Å²) in [7, 11) is 0. The molecule has 4 N–H and O–H groups in total. The summed E-state index contributed by atoms with van der Waals surface area (Å²) in [6, 6.07) is 0. The number of carbonyl (C=O) groups is 2. The quantitative estimate of drug-likeness (QED) is 0.650. The lowest BCUT2D eigenvalue weighted by Crippen LogP contribution is -2.42. The van der Waals surface area contributed by atoms with E-state index < -0.39 is 5.41 Å². The van der Waals surface area contributed by atoms with Crippen LogP contribution in [0.2, 0.25) is 0 Å². The second-order valence-electron chi connectivity index (χ2n) is 7.30. The molecule has 0 spiro atoms. The first-order valence-corrected chi connectivity index (χ1v) is 8.04. The molecule has 1 aliphatic carbocycles. The standard InChI is InChI=1S/C16H31N3O2.ClH/c1-15(2,3)14(21)19-10-9-18-13(20)11-16(12-17)7-5-4-6-8-16;/h4-12,17H2,1-3H3,(H,18,20)(H,19,21);1H. The summed E-state index contributed by atoms with van der Waals surface area (Å²) in [5.74, 6) is 0.0508. The van der Waals surface area contributed by atoms with Crippen molar-refractivity contribution in [3.8, 4) is 0 Å². The molecule has 1 fully saturated rings. The van der Waals surface area contributed by atoms with Gasteiger partial charge in [0.2, 0.25) is 11.8 Å². The molecule has 1 rings (SSSR count). The van der Waals surface area contributed by atoms with Crippen molar-refractivity contribution >= 4 is 24.2 Å². The lowest BCUT2D eigenvalue weighted by Gasteiger charge is -2.35. The molecule has 1 aliphatic rings. The number of hydrogen-bond donors (Lipinski definition) is 3. The van der Waals surface area contributed by atoms with Crippen molar-refractivity contribution in [2.75, 3.05) is 19.6 Å². The van der Waals surface area contributed by atoms with Gasteiger partial charge in [0.1, 0.15) is 0 Å². The third-order valence-corrected chi connectivity index (χ3v) is 4.30. The van der Waals surface area contributed by atoms with E-state index in [2.05, 4.69) is 10.6 Å². The highest BCUT2D eigenvalue weighted by molar-refractivity contribution is 5.85. The molecule has 22 heavy (non-hydrogen) atoms. The van der Waals surface area contributed by atoms with Gasteiger partial charge in [0.05, 0.1) is 0 Å². The molecule has 6 heteroatoms. The van der Waals surface area contributed by atoms with E-state index in [4.69, 9.17) is 5.73 Å². The van der Waals surface area contributed by atoms with E-state index in [1.807, 2.05) is 20.8 Å². The van der Waals surface area contributed by atoms with Gasteiger partial charge in [0.15, 0.2) is 0 Å². The summed E-state index contributed by atoms with van der Waals surface area (Å²) in [4.78, 5) is 23.7. The Balaban J connectivity index is 0.00000441. The first-order valence-electron chi connectivity index (χ1n) is 8.04.